The SMILES string of the molecule is O=C(COc1coc(CN2CCN(C(=O)c3ccco3)CC2)cc1=O)N1CCCCC1. The third-order valence-electron chi connectivity index (χ3n) is 5.68. The molecule has 0 unspecified atom stereocenters. The smallest absolute Gasteiger partial charge is 0.289 e. The van der Waals surface area contributed by atoms with Crippen molar-refractivity contribution in [1.29, 1.82) is 0 Å². The maximum absolute atomic E-state index is 12.4. The van der Waals surface area contributed by atoms with Gasteiger partial charge in [-0.1, -0.05) is 0 Å². The van der Waals surface area contributed by atoms with Crippen molar-refractivity contribution in [1.82, 2.24) is 14.7 Å². The first-order valence-corrected chi connectivity index (χ1v) is 10.7. The Bertz CT molecular complexity index is 940. The van der Waals surface area contributed by atoms with E-state index in [1.165, 1.54) is 18.6 Å². The van der Waals surface area contributed by atoms with E-state index in [4.69, 9.17) is 13.6 Å². The molecule has 2 fully saturated rings. The van der Waals surface area contributed by atoms with Gasteiger partial charge in [-0.05, 0) is 31.4 Å². The van der Waals surface area contributed by atoms with Crippen LogP contribution in [0.4, 0.5) is 0 Å². The van der Waals surface area contributed by atoms with Crippen LogP contribution >= 0.6 is 0 Å². The number of nitrogens with zero attached hydrogens (tertiary/aromatic N) is 3. The van der Waals surface area contributed by atoms with E-state index >= 15 is 0 Å². The number of piperidine rings is 1. The first-order chi connectivity index (χ1) is 15.1. The van der Waals surface area contributed by atoms with Gasteiger partial charge in [0, 0.05) is 45.3 Å². The van der Waals surface area contributed by atoms with Gasteiger partial charge >= 0.3 is 0 Å². The Kier molecular flexibility index (Phi) is 6.71. The number of carbonyl (C=O) groups is 2. The lowest BCUT2D eigenvalue weighted by molar-refractivity contribution is -0.134. The molecule has 2 aromatic heterocycles. The van der Waals surface area contributed by atoms with Gasteiger partial charge in [0.25, 0.3) is 11.8 Å². The summed E-state index contributed by atoms with van der Waals surface area (Å²) in [4.78, 5) is 42.5. The monoisotopic (exact) mass is 429 g/mol. The van der Waals surface area contributed by atoms with Crippen molar-refractivity contribution in [2.24, 2.45) is 0 Å². The number of hydrogen-bond acceptors (Lipinski definition) is 7. The third-order valence-corrected chi connectivity index (χ3v) is 5.68. The fourth-order valence-corrected chi connectivity index (χ4v) is 3.89. The molecule has 0 atom stereocenters. The van der Waals surface area contributed by atoms with Gasteiger partial charge in [0.05, 0.1) is 12.8 Å². The molecule has 0 aliphatic carbocycles. The van der Waals surface area contributed by atoms with Crippen molar-refractivity contribution >= 4 is 11.8 Å². The van der Waals surface area contributed by atoms with Crippen LogP contribution in [0, 0.1) is 0 Å². The number of hydrogen-bond donors (Lipinski definition) is 0. The van der Waals surface area contributed by atoms with E-state index in [2.05, 4.69) is 4.90 Å². The molecule has 0 bridgehead atoms. The molecule has 0 saturated carbocycles. The van der Waals surface area contributed by atoms with Crippen LogP contribution in [0.15, 0.2) is 44.4 Å². The van der Waals surface area contributed by atoms with Crippen LogP contribution in [-0.4, -0.2) is 72.4 Å². The molecule has 2 saturated heterocycles. The first kappa shape index (κ1) is 21.2. The van der Waals surface area contributed by atoms with Crippen molar-refractivity contribution < 1.29 is 23.2 Å². The largest absolute Gasteiger partial charge is 0.477 e. The number of amides is 2. The molecule has 2 aliphatic heterocycles. The second kappa shape index (κ2) is 9.82. The second-order valence-electron chi connectivity index (χ2n) is 7.85. The minimum atomic E-state index is -0.306. The molecule has 2 amide bonds. The van der Waals surface area contributed by atoms with Crippen molar-refractivity contribution in [2.45, 2.75) is 25.8 Å². The minimum absolute atomic E-state index is 0.0444. The number of likely N-dealkylation sites (tertiary alicyclic amines) is 1. The maximum atomic E-state index is 12.4. The van der Waals surface area contributed by atoms with E-state index in [0.29, 0.717) is 44.2 Å². The molecule has 166 valence electrons. The van der Waals surface area contributed by atoms with Crippen LogP contribution in [0.1, 0.15) is 35.6 Å². The Hall–Kier alpha value is -3.07. The zero-order valence-electron chi connectivity index (χ0n) is 17.5. The van der Waals surface area contributed by atoms with Gasteiger partial charge in [0.15, 0.2) is 12.4 Å². The normalized spacial score (nSPS) is 17.5. The van der Waals surface area contributed by atoms with Crippen LogP contribution < -0.4 is 10.2 Å². The summed E-state index contributed by atoms with van der Waals surface area (Å²) in [5, 5.41) is 0. The van der Waals surface area contributed by atoms with Crippen molar-refractivity contribution in [2.75, 3.05) is 45.9 Å². The molecule has 0 spiro atoms. The zero-order chi connectivity index (χ0) is 21.6. The first-order valence-electron chi connectivity index (χ1n) is 10.7. The van der Waals surface area contributed by atoms with Crippen LogP contribution in [0.5, 0.6) is 5.75 Å². The van der Waals surface area contributed by atoms with E-state index in [1.54, 1.807) is 21.9 Å². The third kappa shape index (κ3) is 5.35. The molecular weight excluding hydrogens is 402 g/mol. The van der Waals surface area contributed by atoms with Gasteiger partial charge in [-0.25, -0.2) is 0 Å². The summed E-state index contributed by atoms with van der Waals surface area (Å²) in [5.41, 5.74) is -0.306. The molecule has 0 aromatic carbocycles. The fraction of sp³-hybridized carbons (Fsp3) is 0.500. The number of piperazine rings is 1. The topological polar surface area (TPSA) is 96.4 Å². The molecule has 2 aromatic rings. The van der Waals surface area contributed by atoms with Crippen molar-refractivity contribution in [3.63, 3.8) is 0 Å². The highest BCUT2D eigenvalue weighted by atomic mass is 16.5. The molecule has 4 heterocycles. The average Bonchev–Trinajstić information content (AvgIpc) is 3.34. The highest BCUT2D eigenvalue weighted by Gasteiger charge is 2.24. The summed E-state index contributed by atoms with van der Waals surface area (Å²) in [6.45, 7) is 4.28. The van der Waals surface area contributed by atoms with E-state index < -0.39 is 0 Å². The van der Waals surface area contributed by atoms with E-state index in [-0.39, 0.29) is 29.6 Å². The van der Waals surface area contributed by atoms with Crippen molar-refractivity contribution in [3.8, 4) is 5.75 Å². The molecular formula is C22H27N3O6. The van der Waals surface area contributed by atoms with E-state index in [0.717, 1.165) is 32.4 Å². The number of ether oxygens (including phenoxy) is 1. The lowest BCUT2D eigenvalue weighted by atomic mass is 10.1. The van der Waals surface area contributed by atoms with Gasteiger partial charge in [0.2, 0.25) is 11.2 Å². The highest BCUT2D eigenvalue weighted by Crippen LogP contribution is 2.14. The highest BCUT2D eigenvalue weighted by molar-refractivity contribution is 5.91. The molecule has 31 heavy (non-hydrogen) atoms. The van der Waals surface area contributed by atoms with Crippen molar-refractivity contribution in [3.05, 3.63) is 52.5 Å². The summed E-state index contributed by atoms with van der Waals surface area (Å²) in [7, 11) is 0. The summed E-state index contributed by atoms with van der Waals surface area (Å²) >= 11 is 0. The minimum Gasteiger partial charge on any atom is -0.477 e. The molecule has 2 aliphatic rings. The predicted octanol–water partition coefficient (Wildman–Crippen LogP) is 1.58. The summed E-state index contributed by atoms with van der Waals surface area (Å²) in [6.07, 6.45) is 5.92. The standard InChI is InChI=1S/C22H27N3O6/c26-18-13-17(30-15-20(18)31-16-21(27)24-6-2-1-3-7-24)14-23-8-10-25(11-9-23)22(28)19-5-4-12-29-19/h4-5,12-13,15H,1-3,6-11,14,16H2. The maximum Gasteiger partial charge on any atom is 0.289 e. The molecule has 9 nitrogen and oxygen atoms in total. The molecule has 0 N–H and O–H groups in total. The van der Waals surface area contributed by atoms with Gasteiger partial charge in [-0.3, -0.25) is 19.3 Å². The summed E-state index contributed by atoms with van der Waals surface area (Å²) in [5.74, 6) is 0.684. The summed E-state index contributed by atoms with van der Waals surface area (Å²) < 4.78 is 16.1. The fourth-order valence-electron chi connectivity index (χ4n) is 3.89. The number of carbonyl (C=O) groups excluding carboxylic acids is 2. The van der Waals surface area contributed by atoms with E-state index in [9.17, 15) is 14.4 Å². The number of rotatable bonds is 6. The van der Waals surface area contributed by atoms with Gasteiger partial charge < -0.3 is 23.4 Å². The predicted molar refractivity (Wildman–Crippen MR) is 111 cm³/mol. The van der Waals surface area contributed by atoms with Gasteiger partial charge in [-0.2, -0.15) is 0 Å². The zero-order valence-corrected chi connectivity index (χ0v) is 17.5. The van der Waals surface area contributed by atoms with Gasteiger partial charge in [0.1, 0.15) is 12.0 Å². The van der Waals surface area contributed by atoms with E-state index in [1.807, 2.05) is 0 Å². The van der Waals surface area contributed by atoms with Crippen LogP contribution in [0.25, 0.3) is 0 Å². The molecule has 4 rings (SSSR count). The Balaban J connectivity index is 1.25. The van der Waals surface area contributed by atoms with Gasteiger partial charge in [-0.15, -0.1) is 0 Å². The quantitative estimate of drug-likeness (QED) is 0.688. The second-order valence-corrected chi connectivity index (χ2v) is 7.85. The molecule has 0 radical (unpaired) electrons. The van der Waals surface area contributed by atoms with Crippen LogP contribution in [-0.2, 0) is 11.3 Å². The lowest BCUT2D eigenvalue weighted by Gasteiger charge is -2.33. The van der Waals surface area contributed by atoms with Crippen LogP contribution in [0.3, 0.4) is 0 Å². The molecule has 9 heteroatoms. The Morgan fingerprint density at radius 3 is 2.42 bits per heavy atom. The number of furan rings is 1. The summed E-state index contributed by atoms with van der Waals surface area (Å²) in [6, 6.07) is 4.76. The Morgan fingerprint density at radius 2 is 1.74 bits per heavy atom. The Labute approximate surface area is 180 Å². The van der Waals surface area contributed by atoms with Crippen LogP contribution in [0.2, 0.25) is 0 Å². The lowest BCUT2D eigenvalue weighted by Crippen LogP contribution is -2.48. The Morgan fingerprint density at radius 1 is 0.968 bits per heavy atom. The average molecular weight is 429 g/mol.